The van der Waals surface area contributed by atoms with Crippen molar-refractivity contribution in [3.05, 3.63) is 22.8 Å². The average Bonchev–Trinajstić information content (AvgIpc) is 2.96. The molecule has 0 fully saturated rings. The fraction of sp³-hybridized carbons (Fsp3) is 0.556. The molecule has 7 heteroatoms. The van der Waals surface area contributed by atoms with E-state index in [2.05, 4.69) is 29.4 Å². The smallest absolute Gasteiger partial charge is 0.407 e. The van der Waals surface area contributed by atoms with Gasteiger partial charge in [-0.2, -0.15) is 5.10 Å². The van der Waals surface area contributed by atoms with Crippen LogP contribution in [0.4, 0.5) is 4.79 Å². The van der Waals surface area contributed by atoms with Gasteiger partial charge in [0.05, 0.1) is 17.8 Å². The first kappa shape index (κ1) is 19.4. The molecule has 2 rings (SSSR count). The van der Waals surface area contributed by atoms with E-state index < -0.39 is 11.7 Å². The van der Waals surface area contributed by atoms with Gasteiger partial charge in [0.2, 0.25) is 0 Å². The molecule has 25 heavy (non-hydrogen) atoms. The maximum absolute atomic E-state index is 11.6. The van der Waals surface area contributed by atoms with Crippen molar-refractivity contribution in [1.29, 1.82) is 0 Å². The number of benzene rings is 1. The molecule has 0 aliphatic carbocycles. The number of ether oxygens (including phenoxy) is 2. The van der Waals surface area contributed by atoms with Gasteiger partial charge in [-0.05, 0) is 39.2 Å². The predicted octanol–water partition coefficient (Wildman–Crippen LogP) is 4.63. The Morgan fingerprint density at radius 1 is 1.40 bits per heavy atom. The molecule has 6 nitrogen and oxygen atoms in total. The fourth-order valence-electron chi connectivity index (χ4n) is 2.40. The van der Waals surface area contributed by atoms with Crippen LogP contribution in [-0.4, -0.2) is 35.0 Å². The molecule has 0 saturated heterocycles. The predicted molar refractivity (Wildman–Crippen MR) is 99.5 cm³/mol. The Kier molecular flexibility index (Phi) is 6.16. The number of aromatic amines is 1. The van der Waals surface area contributed by atoms with Crippen LogP contribution in [0, 0.1) is 0 Å². The molecule has 0 aliphatic heterocycles. The van der Waals surface area contributed by atoms with Crippen molar-refractivity contribution in [1.82, 2.24) is 15.5 Å². The van der Waals surface area contributed by atoms with Gasteiger partial charge in [0.25, 0.3) is 0 Å². The fourth-order valence-corrected chi connectivity index (χ4v) is 2.66. The van der Waals surface area contributed by atoms with Gasteiger partial charge in [0, 0.05) is 17.5 Å². The third-order valence-electron chi connectivity index (χ3n) is 3.53. The number of hydrogen-bond acceptors (Lipinski definition) is 4. The number of alkyl carbamates (subject to hydrolysis) is 1. The number of carbonyl (C=O) groups excluding carboxylic acids is 1. The highest BCUT2D eigenvalue weighted by Crippen LogP contribution is 2.37. The monoisotopic (exact) mass is 367 g/mol. The molecule has 2 N–H and O–H groups in total. The lowest BCUT2D eigenvalue weighted by Crippen LogP contribution is -2.33. The number of hydrogen-bond donors (Lipinski definition) is 2. The van der Waals surface area contributed by atoms with Crippen LogP contribution in [0.15, 0.2) is 12.3 Å². The molecular weight excluding hydrogens is 342 g/mol. The van der Waals surface area contributed by atoms with Crippen LogP contribution in [0.5, 0.6) is 5.75 Å². The van der Waals surface area contributed by atoms with Gasteiger partial charge in [-0.25, -0.2) is 4.79 Å². The Bertz CT molecular complexity index is 735. The second-order valence-electron chi connectivity index (χ2n) is 7.22. The van der Waals surface area contributed by atoms with Gasteiger partial charge in [-0.1, -0.05) is 25.4 Å². The molecule has 1 aromatic carbocycles. The van der Waals surface area contributed by atoms with Crippen molar-refractivity contribution in [3.8, 4) is 5.75 Å². The molecule has 1 amide bonds. The van der Waals surface area contributed by atoms with E-state index in [0.717, 1.165) is 22.2 Å². The van der Waals surface area contributed by atoms with E-state index in [-0.39, 0.29) is 5.92 Å². The number of carbonyl (C=O) groups is 1. The Labute approximate surface area is 153 Å². The summed E-state index contributed by atoms with van der Waals surface area (Å²) in [6.07, 6.45) is 1.94. The topological polar surface area (TPSA) is 76.2 Å². The summed E-state index contributed by atoms with van der Waals surface area (Å²) in [5.74, 6) is 1.03. The number of aromatic nitrogens is 2. The minimum atomic E-state index is -0.498. The van der Waals surface area contributed by atoms with Crippen molar-refractivity contribution in [2.45, 2.75) is 52.6 Å². The van der Waals surface area contributed by atoms with Crippen molar-refractivity contribution in [2.75, 3.05) is 13.2 Å². The lowest BCUT2D eigenvalue weighted by atomic mass is 10.0. The van der Waals surface area contributed by atoms with E-state index in [1.807, 2.05) is 26.8 Å². The zero-order valence-corrected chi connectivity index (χ0v) is 16.2. The van der Waals surface area contributed by atoms with Crippen LogP contribution in [0.25, 0.3) is 10.9 Å². The summed E-state index contributed by atoms with van der Waals surface area (Å²) in [6.45, 7) is 10.6. The summed E-state index contributed by atoms with van der Waals surface area (Å²) in [5, 5.41) is 11.2. The van der Waals surface area contributed by atoms with Gasteiger partial charge in [0.15, 0.2) is 0 Å². The summed E-state index contributed by atoms with van der Waals surface area (Å²) in [4.78, 5) is 11.6. The van der Waals surface area contributed by atoms with Gasteiger partial charge in [-0.15, -0.1) is 0 Å². The molecule has 0 bridgehead atoms. The second-order valence-corrected chi connectivity index (χ2v) is 7.63. The zero-order chi connectivity index (χ0) is 18.6. The van der Waals surface area contributed by atoms with Crippen molar-refractivity contribution in [2.24, 2.45) is 0 Å². The highest BCUT2D eigenvalue weighted by atomic mass is 35.5. The molecule has 1 aromatic heterocycles. The highest BCUT2D eigenvalue weighted by molar-refractivity contribution is 6.35. The quantitative estimate of drug-likeness (QED) is 0.729. The van der Waals surface area contributed by atoms with Crippen LogP contribution in [-0.2, 0) is 4.74 Å². The molecule has 0 spiro atoms. The minimum Gasteiger partial charge on any atom is -0.491 e. The zero-order valence-electron chi connectivity index (χ0n) is 15.4. The number of rotatable bonds is 6. The van der Waals surface area contributed by atoms with Gasteiger partial charge in [-0.3, -0.25) is 5.10 Å². The Balaban J connectivity index is 1.95. The lowest BCUT2D eigenvalue weighted by molar-refractivity contribution is 0.0525. The summed E-state index contributed by atoms with van der Waals surface area (Å²) < 4.78 is 11.2. The largest absolute Gasteiger partial charge is 0.491 e. The Morgan fingerprint density at radius 2 is 2.12 bits per heavy atom. The molecule has 0 radical (unpaired) electrons. The molecule has 1 heterocycles. The maximum Gasteiger partial charge on any atom is 0.407 e. The first-order valence-corrected chi connectivity index (χ1v) is 8.82. The summed E-state index contributed by atoms with van der Waals surface area (Å²) >= 11 is 6.31. The molecule has 0 atom stereocenters. The maximum atomic E-state index is 11.6. The minimum absolute atomic E-state index is 0.264. The number of nitrogens with zero attached hydrogens (tertiary/aromatic N) is 1. The second kappa shape index (κ2) is 7.95. The van der Waals surface area contributed by atoms with Crippen molar-refractivity contribution in [3.63, 3.8) is 0 Å². The van der Waals surface area contributed by atoms with Crippen LogP contribution < -0.4 is 10.1 Å². The number of halogens is 1. The van der Waals surface area contributed by atoms with E-state index >= 15 is 0 Å². The van der Waals surface area contributed by atoms with Crippen LogP contribution in [0.1, 0.15) is 52.5 Å². The van der Waals surface area contributed by atoms with E-state index in [0.29, 0.717) is 24.6 Å². The number of amides is 1. The Morgan fingerprint density at radius 3 is 2.76 bits per heavy atom. The SMILES string of the molecule is CC(C)c1cc(Cl)c2cn[nH]c2c1OCCCNC(=O)OC(C)(C)C. The molecule has 138 valence electrons. The van der Waals surface area contributed by atoms with Crippen LogP contribution in [0.2, 0.25) is 5.02 Å². The third-order valence-corrected chi connectivity index (χ3v) is 3.84. The molecule has 0 unspecified atom stereocenters. The molecule has 0 saturated carbocycles. The first-order chi connectivity index (χ1) is 11.7. The van der Waals surface area contributed by atoms with Crippen molar-refractivity contribution >= 4 is 28.6 Å². The third kappa shape index (κ3) is 5.26. The molecule has 0 aliphatic rings. The van der Waals surface area contributed by atoms with Gasteiger partial charge >= 0.3 is 6.09 Å². The summed E-state index contributed by atoms with van der Waals surface area (Å²) in [5.41, 5.74) is 1.33. The number of nitrogens with one attached hydrogen (secondary N) is 2. The number of fused-ring (bicyclic) bond motifs is 1. The van der Waals surface area contributed by atoms with E-state index in [9.17, 15) is 4.79 Å². The van der Waals surface area contributed by atoms with E-state index in [4.69, 9.17) is 21.1 Å². The van der Waals surface area contributed by atoms with Crippen molar-refractivity contribution < 1.29 is 14.3 Å². The van der Waals surface area contributed by atoms with E-state index in [1.54, 1.807) is 6.20 Å². The number of H-pyrrole nitrogens is 1. The van der Waals surface area contributed by atoms with Crippen LogP contribution >= 0.6 is 11.6 Å². The summed E-state index contributed by atoms with van der Waals surface area (Å²) in [7, 11) is 0. The first-order valence-electron chi connectivity index (χ1n) is 8.44. The standard InChI is InChI=1S/C18H26ClN3O3/c1-11(2)12-9-14(19)13-10-21-22-15(13)16(12)24-8-6-7-20-17(23)25-18(3,4)5/h9-11H,6-8H2,1-5H3,(H,20,23)(H,21,22). The van der Waals surface area contributed by atoms with E-state index in [1.165, 1.54) is 0 Å². The highest BCUT2D eigenvalue weighted by Gasteiger charge is 2.17. The lowest BCUT2D eigenvalue weighted by Gasteiger charge is -2.19. The Hall–Kier alpha value is -1.95. The van der Waals surface area contributed by atoms with Gasteiger partial charge in [0.1, 0.15) is 16.9 Å². The molecule has 2 aromatic rings. The normalized spacial score (nSPS) is 11.8. The van der Waals surface area contributed by atoms with Crippen LogP contribution in [0.3, 0.4) is 0 Å². The summed E-state index contributed by atoms with van der Waals surface area (Å²) in [6, 6.07) is 1.93. The molecular formula is C18H26ClN3O3. The van der Waals surface area contributed by atoms with Gasteiger partial charge < -0.3 is 14.8 Å². The average molecular weight is 368 g/mol.